The molecule has 0 unspecified atom stereocenters. The van der Waals surface area contributed by atoms with Crippen molar-refractivity contribution < 1.29 is 14.3 Å². The smallest absolute Gasteiger partial charge is 0.237 e. The van der Waals surface area contributed by atoms with Crippen LogP contribution in [0.1, 0.15) is 30.2 Å². The number of piperazine rings is 1. The molecule has 2 amide bonds. The number of H-pyrrole nitrogens is 1. The lowest BCUT2D eigenvalue weighted by Gasteiger charge is -2.35. The Hall–Kier alpha value is -3.32. The van der Waals surface area contributed by atoms with Crippen LogP contribution in [-0.2, 0) is 22.7 Å². The number of hydrogen-bond acceptors (Lipinski definition) is 4. The lowest BCUT2D eigenvalue weighted by atomic mass is 10.1. The van der Waals surface area contributed by atoms with Crippen LogP contribution in [0.3, 0.4) is 0 Å². The van der Waals surface area contributed by atoms with Gasteiger partial charge in [-0.1, -0.05) is 36.4 Å². The van der Waals surface area contributed by atoms with Gasteiger partial charge in [-0.05, 0) is 31.5 Å². The first-order valence-electron chi connectivity index (χ1n) is 11.5. The van der Waals surface area contributed by atoms with Gasteiger partial charge in [0.1, 0.15) is 5.75 Å². The Morgan fingerprint density at radius 2 is 1.94 bits per heavy atom. The van der Waals surface area contributed by atoms with E-state index in [1.165, 1.54) is 5.39 Å². The van der Waals surface area contributed by atoms with E-state index >= 15 is 0 Å². The monoisotopic (exact) mass is 448 g/mol. The summed E-state index contributed by atoms with van der Waals surface area (Å²) in [6, 6.07) is 15.5. The van der Waals surface area contributed by atoms with Gasteiger partial charge in [-0.15, -0.1) is 0 Å². The summed E-state index contributed by atoms with van der Waals surface area (Å²) in [5.41, 5.74) is 4.25. The van der Waals surface area contributed by atoms with E-state index in [-0.39, 0.29) is 18.2 Å². The van der Waals surface area contributed by atoms with Crippen molar-refractivity contribution in [3.63, 3.8) is 0 Å². The fraction of sp³-hybridized carbons (Fsp3) is 0.385. The number of benzene rings is 2. The molecule has 2 aromatic carbocycles. The molecule has 7 heteroatoms. The quantitative estimate of drug-likeness (QED) is 0.555. The standard InChI is InChI=1S/C26H32N4O3/c1-4-33-24-12-8-5-9-19(24)16-30-14-13-27-26(32)23(30)15-25(31)29(3)17-22-18(2)20-10-6-7-11-21(20)28-22/h5-12,23,28H,4,13-17H2,1-3H3,(H,27,32)/t23-/m0/s1. The largest absolute Gasteiger partial charge is 0.494 e. The molecule has 2 N–H and O–H groups in total. The lowest BCUT2D eigenvalue weighted by molar-refractivity contribution is -0.138. The Balaban J connectivity index is 1.46. The minimum Gasteiger partial charge on any atom is -0.494 e. The van der Waals surface area contributed by atoms with Crippen LogP contribution in [0.4, 0.5) is 0 Å². The maximum atomic E-state index is 13.1. The Morgan fingerprint density at radius 1 is 1.18 bits per heavy atom. The maximum absolute atomic E-state index is 13.1. The van der Waals surface area contributed by atoms with E-state index in [9.17, 15) is 9.59 Å². The van der Waals surface area contributed by atoms with Crippen molar-refractivity contribution in [3.05, 3.63) is 65.4 Å². The van der Waals surface area contributed by atoms with Gasteiger partial charge in [-0.2, -0.15) is 0 Å². The van der Waals surface area contributed by atoms with E-state index in [1.54, 1.807) is 11.9 Å². The zero-order valence-electron chi connectivity index (χ0n) is 19.6. The number of rotatable bonds is 8. The molecule has 1 aliphatic heterocycles. The average molecular weight is 449 g/mol. The van der Waals surface area contributed by atoms with E-state index in [0.717, 1.165) is 28.1 Å². The van der Waals surface area contributed by atoms with E-state index in [1.807, 2.05) is 49.4 Å². The third-order valence-corrected chi connectivity index (χ3v) is 6.35. The Bertz CT molecular complexity index is 1140. The molecule has 1 aromatic heterocycles. The van der Waals surface area contributed by atoms with Crippen LogP contribution in [0.5, 0.6) is 5.75 Å². The molecule has 1 atom stereocenters. The van der Waals surface area contributed by atoms with E-state index in [0.29, 0.717) is 32.8 Å². The van der Waals surface area contributed by atoms with Crippen LogP contribution >= 0.6 is 0 Å². The fourth-order valence-corrected chi connectivity index (χ4v) is 4.47. The van der Waals surface area contributed by atoms with E-state index in [2.05, 4.69) is 28.2 Å². The summed E-state index contributed by atoms with van der Waals surface area (Å²) in [4.78, 5) is 33.1. The van der Waals surface area contributed by atoms with Crippen LogP contribution in [0.15, 0.2) is 48.5 Å². The molecule has 7 nitrogen and oxygen atoms in total. The Labute approximate surface area is 194 Å². The van der Waals surface area contributed by atoms with Crippen molar-refractivity contribution in [1.82, 2.24) is 20.1 Å². The molecule has 33 heavy (non-hydrogen) atoms. The molecule has 174 valence electrons. The number of hydrogen-bond donors (Lipinski definition) is 2. The predicted molar refractivity (Wildman–Crippen MR) is 129 cm³/mol. The summed E-state index contributed by atoms with van der Waals surface area (Å²) in [7, 11) is 1.79. The highest BCUT2D eigenvalue weighted by Crippen LogP contribution is 2.24. The topological polar surface area (TPSA) is 77.7 Å². The summed E-state index contributed by atoms with van der Waals surface area (Å²) >= 11 is 0. The van der Waals surface area contributed by atoms with E-state index in [4.69, 9.17) is 4.74 Å². The van der Waals surface area contributed by atoms with Gasteiger partial charge in [-0.3, -0.25) is 14.5 Å². The SMILES string of the molecule is CCOc1ccccc1CN1CCNC(=O)[C@@H]1CC(=O)N(C)Cc1[nH]c2ccccc2c1C. The number of amides is 2. The summed E-state index contributed by atoms with van der Waals surface area (Å²) in [6.07, 6.45) is 0.137. The van der Waals surface area contributed by atoms with E-state index < -0.39 is 6.04 Å². The van der Waals surface area contributed by atoms with Crippen molar-refractivity contribution >= 4 is 22.7 Å². The normalized spacial score (nSPS) is 16.6. The van der Waals surface area contributed by atoms with Gasteiger partial charge < -0.3 is 19.9 Å². The van der Waals surface area contributed by atoms with Gasteiger partial charge in [0, 0.05) is 48.8 Å². The number of para-hydroxylation sites is 2. The van der Waals surface area contributed by atoms with Crippen molar-refractivity contribution in [3.8, 4) is 5.75 Å². The molecule has 0 spiro atoms. The lowest BCUT2D eigenvalue weighted by Crippen LogP contribution is -2.56. The molecule has 1 fully saturated rings. The van der Waals surface area contributed by atoms with Crippen LogP contribution in [0, 0.1) is 6.92 Å². The molecule has 2 heterocycles. The number of ether oxygens (including phenoxy) is 1. The minimum absolute atomic E-state index is 0.0572. The fourth-order valence-electron chi connectivity index (χ4n) is 4.47. The van der Waals surface area contributed by atoms with Crippen LogP contribution < -0.4 is 10.1 Å². The van der Waals surface area contributed by atoms with Crippen molar-refractivity contribution in [2.24, 2.45) is 0 Å². The van der Waals surface area contributed by atoms with Gasteiger partial charge in [0.2, 0.25) is 11.8 Å². The number of aryl methyl sites for hydroxylation is 1. The number of carbonyl (C=O) groups excluding carboxylic acids is 2. The van der Waals surface area contributed by atoms with Gasteiger partial charge in [0.15, 0.2) is 0 Å². The first kappa shape index (κ1) is 22.9. The van der Waals surface area contributed by atoms with Crippen LogP contribution in [0.25, 0.3) is 10.9 Å². The second kappa shape index (κ2) is 10.1. The number of nitrogens with zero attached hydrogens (tertiary/aromatic N) is 2. The van der Waals surface area contributed by atoms with Gasteiger partial charge in [0.25, 0.3) is 0 Å². The number of nitrogens with one attached hydrogen (secondary N) is 2. The molecule has 0 saturated carbocycles. The highest BCUT2D eigenvalue weighted by atomic mass is 16.5. The average Bonchev–Trinajstić information content (AvgIpc) is 3.12. The third kappa shape index (κ3) is 5.03. The number of aromatic amines is 1. The van der Waals surface area contributed by atoms with Crippen molar-refractivity contribution in [2.45, 2.75) is 39.4 Å². The maximum Gasteiger partial charge on any atom is 0.237 e. The van der Waals surface area contributed by atoms with Crippen LogP contribution in [-0.4, -0.2) is 59.4 Å². The molecule has 1 saturated heterocycles. The Kier molecular flexibility index (Phi) is 6.99. The predicted octanol–water partition coefficient (Wildman–Crippen LogP) is 3.22. The molecular weight excluding hydrogens is 416 g/mol. The summed E-state index contributed by atoms with van der Waals surface area (Å²) in [6.45, 7) is 6.90. The number of carbonyl (C=O) groups is 2. The van der Waals surface area contributed by atoms with Gasteiger partial charge in [0.05, 0.1) is 25.6 Å². The summed E-state index contributed by atoms with van der Waals surface area (Å²) < 4.78 is 5.76. The molecule has 0 radical (unpaired) electrons. The highest BCUT2D eigenvalue weighted by molar-refractivity contribution is 5.89. The minimum atomic E-state index is -0.507. The highest BCUT2D eigenvalue weighted by Gasteiger charge is 2.33. The molecule has 3 aromatic rings. The first-order valence-corrected chi connectivity index (χ1v) is 11.5. The third-order valence-electron chi connectivity index (χ3n) is 6.35. The second-order valence-corrected chi connectivity index (χ2v) is 8.55. The molecule has 0 bridgehead atoms. The van der Waals surface area contributed by atoms with Gasteiger partial charge >= 0.3 is 0 Å². The van der Waals surface area contributed by atoms with Gasteiger partial charge in [-0.25, -0.2) is 0 Å². The molecule has 1 aliphatic rings. The summed E-state index contributed by atoms with van der Waals surface area (Å²) in [5.74, 6) is 0.666. The van der Waals surface area contributed by atoms with Crippen molar-refractivity contribution in [2.75, 3.05) is 26.7 Å². The zero-order chi connectivity index (χ0) is 23.4. The molecular formula is C26H32N4O3. The second-order valence-electron chi connectivity index (χ2n) is 8.55. The summed E-state index contributed by atoms with van der Waals surface area (Å²) in [5, 5.41) is 4.09. The number of aromatic nitrogens is 1. The van der Waals surface area contributed by atoms with Crippen molar-refractivity contribution in [1.29, 1.82) is 0 Å². The number of fused-ring (bicyclic) bond motifs is 1. The molecule has 0 aliphatic carbocycles. The molecule has 4 rings (SSSR count). The Morgan fingerprint density at radius 3 is 2.73 bits per heavy atom. The first-order chi connectivity index (χ1) is 16.0. The van der Waals surface area contributed by atoms with Crippen LogP contribution in [0.2, 0.25) is 0 Å². The zero-order valence-corrected chi connectivity index (χ0v) is 19.6.